The lowest BCUT2D eigenvalue weighted by molar-refractivity contribution is -0.146. The molecule has 0 amide bonds. The second-order valence-corrected chi connectivity index (χ2v) is 11.9. The average molecular weight is 639 g/mol. The third kappa shape index (κ3) is 25.4. The largest absolute Gasteiger partial charge is 0.481 e. The molecule has 258 valence electrons. The van der Waals surface area contributed by atoms with Gasteiger partial charge in [-0.25, -0.2) is 8.78 Å². The van der Waals surface area contributed by atoms with Gasteiger partial charge in [-0.1, -0.05) is 67.4 Å². The van der Waals surface area contributed by atoms with Gasteiger partial charge < -0.3 is 25.5 Å². The first-order valence-corrected chi connectivity index (χ1v) is 15.3. The Balaban J connectivity index is -0.000000481. The first-order chi connectivity index (χ1) is 20.1. The molecular weight excluding hydrogens is 582 g/mol. The summed E-state index contributed by atoms with van der Waals surface area (Å²) in [4.78, 5) is 50.9. The molecular formula is C32H56F2O10. The molecule has 0 aromatic carbocycles. The lowest BCUT2D eigenvalue weighted by atomic mass is 9.87. The van der Waals surface area contributed by atoms with Crippen molar-refractivity contribution >= 4 is 29.8 Å². The molecule has 0 saturated heterocycles. The minimum absolute atomic E-state index is 0.102. The highest BCUT2D eigenvalue weighted by atomic mass is 19.3. The number of aliphatic carboxylic acids is 5. The van der Waals surface area contributed by atoms with Gasteiger partial charge in [-0.05, 0) is 50.4 Å². The number of halogens is 2. The fourth-order valence-electron chi connectivity index (χ4n) is 3.35. The van der Waals surface area contributed by atoms with Crippen LogP contribution in [-0.2, 0) is 24.0 Å². The van der Waals surface area contributed by atoms with Crippen LogP contribution in [0, 0.1) is 41.4 Å². The van der Waals surface area contributed by atoms with Gasteiger partial charge >= 0.3 is 29.8 Å². The first kappa shape index (κ1) is 45.4. The molecule has 10 nitrogen and oxygen atoms in total. The summed E-state index contributed by atoms with van der Waals surface area (Å²) in [5.74, 6) is -6.93. The number of carboxylic acid groups (broad SMARTS) is 5. The van der Waals surface area contributed by atoms with E-state index in [9.17, 15) is 32.8 Å². The summed E-state index contributed by atoms with van der Waals surface area (Å²) in [6, 6.07) is 0. The van der Waals surface area contributed by atoms with Crippen LogP contribution in [0.2, 0.25) is 0 Å². The van der Waals surface area contributed by atoms with Crippen molar-refractivity contribution in [1.29, 1.82) is 0 Å². The van der Waals surface area contributed by atoms with Crippen molar-refractivity contribution in [3.8, 4) is 0 Å². The van der Waals surface area contributed by atoms with Gasteiger partial charge in [-0.2, -0.15) is 0 Å². The minimum Gasteiger partial charge on any atom is -0.481 e. The second-order valence-electron chi connectivity index (χ2n) is 11.9. The number of unbranched alkanes of at least 4 members (excludes halogenated alkanes) is 1. The van der Waals surface area contributed by atoms with Crippen molar-refractivity contribution in [3.63, 3.8) is 0 Å². The minimum atomic E-state index is -2.62. The molecule has 2 aliphatic rings. The van der Waals surface area contributed by atoms with E-state index in [-0.39, 0.29) is 55.3 Å². The Hall–Kier alpha value is -3.05. The Morgan fingerprint density at radius 2 is 1.23 bits per heavy atom. The molecule has 2 fully saturated rings. The molecule has 0 aromatic heterocycles. The van der Waals surface area contributed by atoms with E-state index in [1.54, 1.807) is 33.8 Å². The van der Waals surface area contributed by atoms with Gasteiger partial charge in [0.25, 0.3) is 0 Å². The first-order valence-electron chi connectivity index (χ1n) is 15.3. The lowest BCUT2D eigenvalue weighted by Crippen LogP contribution is -2.28. The summed E-state index contributed by atoms with van der Waals surface area (Å²) in [6.07, 6.45) is 6.99. The highest BCUT2D eigenvalue weighted by Crippen LogP contribution is 2.36. The highest BCUT2D eigenvalue weighted by Gasteiger charge is 2.37. The third-order valence-electron chi connectivity index (χ3n) is 7.53. The molecule has 4 unspecified atom stereocenters. The summed E-state index contributed by atoms with van der Waals surface area (Å²) >= 11 is 0. The summed E-state index contributed by atoms with van der Waals surface area (Å²) in [6.45, 7) is 16.2. The van der Waals surface area contributed by atoms with E-state index in [1.165, 1.54) is 0 Å². The van der Waals surface area contributed by atoms with E-state index < -0.39 is 41.7 Å². The van der Waals surface area contributed by atoms with Crippen molar-refractivity contribution in [1.82, 2.24) is 0 Å². The lowest BCUT2D eigenvalue weighted by Gasteiger charge is -2.25. The SMILES string of the molecule is C=CCC(C)C(=O)O.CC(C(=O)O)C1CC1.CC(C)C(C)C(=O)O.CCCCC(C)C(=O)O.O=C(O)C1CCC(F)(F)CC1. The maximum Gasteiger partial charge on any atom is 0.306 e. The zero-order valence-corrected chi connectivity index (χ0v) is 27.4. The van der Waals surface area contributed by atoms with Crippen molar-refractivity contribution in [2.24, 2.45) is 41.4 Å². The van der Waals surface area contributed by atoms with E-state index in [0.717, 1.165) is 32.1 Å². The van der Waals surface area contributed by atoms with Crippen LogP contribution < -0.4 is 0 Å². The van der Waals surface area contributed by atoms with E-state index in [4.69, 9.17) is 25.5 Å². The summed E-state index contributed by atoms with van der Waals surface area (Å²) in [5.41, 5.74) is 0. The zero-order chi connectivity index (χ0) is 35.2. The van der Waals surface area contributed by atoms with Gasteiger partial charge in [0, 0.05) is 12.8 Å². The normalized spacial score (nSPS) is 17.9. The van der Waals surface area contributed by atoms with E-state index >= 15 is 0 Å². The predicted molar refractivity (Wildman–Crippen MR) is 164 cm³/mol. The zero-order valence-electron chi connectivity index (χ0n) is 27.4. The molecule has 0 aromatic rings. The molecule has 0 spiro atoms. The maximum absolute atomic E-state index is 12.4. The average Bonchev–Trinajstić information content (AvgIpc) is 3.77. The van der Waals surface area contributed by atoms with Crippen LogP contribution in [0.5, 0.6) is 0 Å². The van der Waals surface area contributed by atoms with E-state index in [1.807, 2.05) is 13.8 Å². The van der Waals surface area contributed by atoms with E-state index in [0.29, 0.717) is 12.3 Å². The Morgan fingerprint density at radius 3 is 1.43 bits per heavy atom. The van der Waals surface area contributed by atoms with Crippen LogP contribution in [0.15, 0.2) is 12.7 Å². The van der Waals surface area contributed by atoms with Gasteiger partial charge in [0.05, 0.1) is 29.6 Å². The molecule has 0 bridgehead atoms. The number of rotatable bonds is 12. The summed E-state index contributed by atoms with van der Waals surface area (Å²) in [7, 11) is 0. The standard InChI is InChI=1S/C7H10F2O2.C7H14O2.C6H10O2.C6H12O2.C6H10O2/c8-7(9)3-1-5(2-4-7)6(10)11;1-3-4-5-6(2)7(8)9;1-4(6(7)8)5-2-3-5;1-4(2)5(3)6(7)8;1-3-4-5(2)6(7)8/h5H,1-4H2,(H,10,11);6H,3-5H2,1-2H3,(H,8,9);4-5H,2-3H2,1H3,(H,7,8);4-5H,1-3H3,(H,7,8);3,5H,1,4H2,2H3,(H,7,8). The van der Waals surface area contributed by atoms with Gasteiger partial charge in [0.15, 0.2) is 0 Å². The second kappa shape index (κ2) is 24.3. The van der Waals surface area contributed by atoms with Crippen LogP contribution in [0.25, 0.3) is 0 Å². The van der Waals surface area contributed by atoms with E-state index in [2.05, 4.69) is 13.5 Å². The third-order valence-corrected chi connectivity index (χ3v) is 7.53. The highest BCUT2D eigenvalue weighted by molar-refractivity contribution is 5.71. The number of hydrogen-bond donors (Lipinski definition) is 5. The monoisotopic (exact) mass is 638 g/mol. The quantitative estimate of drug-likeness (QED) is 0.134. The molecule has 2 saturated carbocycles. The van der Waals surface area contributed by atoms with Crippen molar-refractivity contribution in [2.45, 2.75) is 119 Å². The number of carboxylic acids is 5. The van der Waals surface area contributed by atoms with Gasteiger partial charge in [-0.3, -0.25) is 24.0 Å². The number of alkyl halides is 2. The molecule has 0 radical (unpaired) electrons. The molecule has 0 heterocycles. The molecule has 12 heteroatoms. The summed E-state index contributed by atoms with van der Waals surface area (Å²) < 4.78 is 24.9. The molecule has 2 aliphatic carbocycles. The Labute approximate surface area is 260 Å². The van der Waals surface area contributed by atoms with Crippen LogP contribution in [-0.4, -0.2) is 61.3 Å². The van der Waals surface area contributed by atoms with Crippen molar-refractivity contribution < 1.29 is 58.3 Å². The van der Waals surface area contributed by atoms with Gasteiger partial charge in [-0.15, -0.1) is 6.58 Å². The Kier molecular flexibility index (Phi) is 25.1. The molecule has 0 aliphatic heterocycles. The van der Waals surface area contributed by atoms with Gasteiger partial charge in [0.2, 0.25) is 5.92 Å². The predicted octanol–water partition coefficient (Wildman–Crippen LogP) is 7.56. The molecule has 5 N–H and O–H groups in total. The Bertz CT molecular complexity index is 843. The number of carbonyl (C=O) groups is 5. The van der Waals surface area contributed by atoms with Crippen LogP contribution >= 0.6 is 0 Å². The van der Waals surface area contributed by atoms with Crippen LogP contribution in [0.4, 0.5) is 8.78 Å². The van der Waals surface area contributed by atoms with Crippen LogP contribution in [0.3, 0.4) is 0 Å². The Morgan fingerprint density at radius 1 is 0.773 bits per heavy atom. The smallest absolute Gasteiger partial charge is 0.306 e. The van der Waals surface area contributed by atoms with Crippen molar-refractivity contribution in [2.75, 3.05) is 0 Å². The number of allylic oxidation sites excluding steroid dienone is 1. The molecule has 2 rings (SSSR count). The fraction of sp³-hybridized carbons (Fsp3) is 0.781. The van der Waals surface area contributed by atoms with Crippen molar-refractivity contribution in [3.05, 3.63) is 12.7 Å². The van der Waals surface area contributed by atoms with Gasteiger partial charge in [0.1, 0.15) is 0 Å². The fourth-order valence-corrected chi connectivity index (χ4v) is 3.35. The summed E-state index contributed by atoms with van der Waals surface area (Å²) in [5, 5.41) is 41.9. The molecule has 4 atom stereocenters. The topological polar surface area (TPSA) is 186 Å². The maximum atomic E-state index is 12.4. The number of hydrogen-bond acceptors (Lipinski definition) is 5. The van der Waals surface area contributed by atoms with Crippen LogP contribution in [0.1, 0.15) is 113 Å². The molecule has 44 heavy (non-hydrogen) atoms.